The van der Waals surface area contributed by atoms with E-state index in [0.717, 1.165) is 5.56 Å². The quantitative estimate of drug-likeness (QED) is 0.362. The number of anilines is 1. The van der Waals surface area contributed by atoms with Gasteiger partial charge in [0.25, 0.3) is 10.0 Å². The van der Waals surface area contributed by atoms with Gasteiger partial charge in [0.15, 0.2) is 17.3 Å². The molecule has 0 atom stereocenters. The average Bonchev–Trinajstić information content (AvgIpc) is 2.82. The van der Waals surface area contributed by atoms with Crippen LogP contribution in [0.4, 0.5) is 5.69 Å². The molecule has 3 aromatic rings. The van der Waals surface area contributed by atoms with Crippen molar-refractivity contribution >= 4 is 27.6 Å². The van der Waals surface area contributed by atoms with Crippen molar-refractivity contribution in [1.82, 2.24) is 0 Å². The normalized spacial score (nSPS) is 11.3. The fraction of sp³-hybridized carbons (Fsp3) is 0.160. The lowest BCUT2D eigenvalue weighted by molar-refractivity contribution is 0.104. The van der Waals surface area contributed by atoms with E-state index >= 15 is 0 Å². The van der Waals surface area contributed by atoms with E-state index in [0.29, 0.717) is 34.1 Å². The largest absolute Gasteiger partial charge is 0.493 e. The fourth-order valence-corrected chi connectivity index (χ4v) is 4.16. The molecule has 0 unspecified atom stereocenters. The number of nitrogens with one attached hydrogen (secondary N) is 1. The van der Waals surface area contributed by atoms with Crippen molar-refractivity contribution in [3.05, 3.63) is 83.4 Å². The number of benzene rings is 3. The molecule has 3 aromatic carbocycles. The zero-order valence-electron chi connectivity index (χ0n) is 18.8. The van der Waals surface area contributed by atoms with E-state index in [9.17, 15) is 13.2 Å². The van der Waals surface area contributed by atoms with Gasteiger partial charge in [-0.25, -0.2) is 8.42 Å². The molecule has 0 aliphatic rings. The molecule has 0 fully saturated rings. The van der Waals surface area contributed by atoms with Gasteiger partial charge in [-0.1, -0.05) is 23.8 Å². The maximum absolute atomic E-state index is 12.6. The summed E-state index contributed by atoms with van der Waals surface area (Å²) in [6.07, 6.45) is 3.06. The van der Waals surface area contributed by atoms with Crippen molar-refractivity contribution in [2.24, 2.45) is 0 Å². The highest BCUT2D eigenvalue weighted by Crippen LogP contribution is 2.38. The van der Waals surface area contributed by atoms with Crippen LogP contribution in [0.3, 0.4) is 0 Å². The number of carbonyl (C=O) groups excluding carboxylic acids is 1. The smallest absolute Gasteiger partial charge is 0.261 e. The van der Waals surface area contributed by atoms with Crippen molar-refractivity contribution < 1.29 is 27.4 Å². The number of hydrogen-bond acceptors (Lipinski definition) is 6. The summed E-state index contributed by atoms with van der Waals surface area (Å²) in [5.41, 5.74) is 2.44. The predicted octanol–water partition coefficient (Wildman–Crippen LogP) is 4.72. The van der Waals surface area contributed by atoms with Crippen LogP contribution in [0, 0.1) is 6.92 Å². The Morgan fingerprint density at radius 3 is 1.94 bits per heavy atom. The highest BCUT2D eigenvalue weighted by atomic mass is 32.2. The Hall–Kier alpha value is -3.78. The number of methoxy groups -OCH3 is 3. The monoisotopic (exact) mass is 467 g/mol. The van der Waals surface area contributed by atoms with Crippen LogP contribution in [-0.4, -0.2) is 35.5 Å². The van der Waals surface area contributed by atoms with Gasteiger partial charge in [-0.05, 0) is 67.1 Å². The van der Waals surface area contributed by atoms with Crippen LogP contribution in [0.5, 0.6) is 17.2 Å². The Labute approximate surface area is 193 Å². The summed E-state index contributed by atoms with van der Waals surface area (Å²) < 4.78 is 43.5. The molecule has 1 N–H and O–H groups in total. The summed E-state index contributed by atoms with van der Waals surface area (Å²) in [5.74, 6) is 1.19. The van der Waals surface area contributed by atoms with Crippen LogP contribution in [0.2, 0.25) is 0 Å². The van der Waals surface area contributed by atoms with E-state index < -0.39 is 10.0 Å². The summed E-state index contributed by atoms with van der Waals surface area (Å²) in [5, 5.41) is 0. The molecular weight excluding hydrogens is 442 g/mol. The third kappa shape index (κ3) is 5.72. The molecule has 3 rings (SSSR count). The van der Waals surface area contributed by atoms with Gasteiger partial charge in [0, 0.05) is 11.3 Å². The van der Waals surface area contributed by atoms with Crippen LogP contribution in [0.25, 0.3) is 6.08 Å². The Kier molecular flexibility index (Phi) is 7.40. The number of rotatable bonds is 9. The van der Waals surface area contributed by atoms with E-state index in [2.05, 4.69) is 4.72 Å². The molecule has 0 aromatic heterocycles. The molecular formula is C25H25NO6S. The predicted molar refractivity (Wildman–Crippen MR) is 128 cm³/mol. The number of ether oxygens (including phenoxy) is 3. The van der Waals surface area contributed by atoms with Gasteiger partial charge in [-0.15, -0.1) is 0 Å². The number of aryl methyl sites for hydroxylation is 1. The van der Waals surface area contributed by atoms with Crippen molar-refractivity contribution in [3.63, 3.8) is 0 Å². The Bertz CT molecular complexity index is 1240. The first-order valence-corrected chi connectivity index (χ1v) is 11.5. The van der Waals surface area contributed by atoms with Gasteiger partial charge in [0.05, 0.1) is 26.2 Å². The summed E-state index contributed by atoms with van der Waals surface area (Å²) in [6, 6.07) is 16.2. The highest BCUT2D eigenvalue weighted by molar-refractivity contribution is 7.92. The van der Waals surface area contributed by atoms with E-state index in [1.54, 1.807) is 66.7 Å². The fourth-order valence-electron chi connectivity index (χ4n) is 3.10. The minimum atomic E-state index is -3.71. The lowest BCUT2D eigenvalue weighted by Gasteiger charge is -2.12. The van der Waals surface area contributed by atoms with Crippen molar-refractivity contribution in [1.29, 1.82) is 0 Å². The van der Waals surface area contributed by atoms with Gasteiger partial charge < -0.3 is 14.2 Å². The van der Waals surface area contributed by atoms with E-state index in [1.165, 1.54) is 27.4 Å². The molecule has 0 amide bonds. The summed E-state index contributed by atoms with van der Waals surface area (Å²) in [4.78, 5) is 12.8. The number of ketones is 1. The molecule has 0 aliphatic carbocycles. The highest BCUT2D eigenvalue weighted by Gasteiger charge is 2.15. The second-order valence-electron chi connectivity index (χ2n) is 7.15. The van der Waals surface area contributed by atoms with E-state index in [-0.39, 0.29) is 10.7 Å². The second kappa shape index (κ2) is 10.2. The number of carbonyl (C=O) groups is 1. The lowest BCUT2D eigenvalue weighted by atomic mass is 10.1. The van der Waals surface area contributed by atoms with Gasteiger partial charge in [-0.2, -0.15) is 0 Å². The third-order valence-electron chi connectivity index (χ3n) is 4.87. The number of hydrogen-bond donors (Lipinski definition) is 1. The number of sulfonamides is 1. The third-order valence-corrected chi connectivity index (χ3v) is 6.26. The summed E-state index contributed by atoms with van der Waals surface area (Å²) in [6.45, 7) is 1.88. The topological polar surface area (TPSA) is 90.9 Å². The first kappa shape index (κ1) is 23.9. The van der Waals surface area contributed by atoms with E-state index in [4.69, 9.17) is 14.2 Å². The minimum Gasteiger partial charge on any atom is -0.493 e. The number of allylic oxidation sites excluding steroid dienone is 1. The van der Waals surface area contributed by atoms with Crippen LogP contribution >= 0.6 is 0 Å². The van der Waals surface area contributed by atoms with Crippen LogP contribution in [0.1, 0.15) is 21.5 Å². The van der Waals surface area contributed by atoms with Crippen molar-refractivity contribution in [3.8, 4) is 17.2 Å². The van der Waals surface area contributed by atoms with Gasteiger partial charge in [0.1, 0.15) is 0 Å². The second-order valence-corrected chi connectivity index (χ2v) is 8.83. The van der Waals surface area contributed by atoms with Crippen LogP contribution < -0.4 is 18.9 Å². The van der Waals surface area contributed by atoms with Crippen LogP contribution in [-0.2, 0) is 10.0 Å². The summed E-state index contributed by atoms with van der Waals surface area (Å²) >= 11 is 0. The zero-order valence-corrected chi connectivity index (χ0v) is 19.6. The maximum Gasteiger partial charge on any atom is 0.261 e. The molecule has 0 saturated carbocycles. The van der Waals surface area contributed by atoms with Crippen molar-refractivity contribution in [2.45, 2.75) is 11.8 Å². The minimum absolute atomic E-state index is 0.168. The molecule has 0 spiro atoms. The Balaban J connectivity index is 1.74. The standard InChI is InChI=1S/C25H25NO6S/c1-17-5-12-21(13-6-17)33(28,29)26-20-10-8-19(9-11-20)22(27)14-7-18-15-23(30-2)25(32-4)24(16-18)31-3/h5-16,26H,1-4H3/b14-7+. The molecule has 7 nitrogen and oxygen atoms in total. The first-order chi connectivity index (χ1) is 15.8. The zero-order chi connectivity index (χ0) is 24.0. The van der Waals surface area contributed by atoms with Crippen molar-refractivity contribution in [2.75, 3.05) is 26.1 Å². The first-order valence-electron chi connectivity index (χ1n) is 9.99. The molecule has 0 aliphatic heterocycles. The maximum atomic E-state index is 12.6. The molecule has 8 heteroatoms. The average molecular weight is 468 g/mol. The SMILES string of the molecule is COc1cc(/C=C/C(=O)c2ccc(NS(=O)(=O)c3ccc(C)cc3)cc2)cc(OC)c1OC. The van der Waals surface area contributed by atoms with Gasteiger partial charge in [-0.3, -0.25) is 9.52 Å². The molecule has 0 heterocycles. The van der Waals surface area contributed by atoms with Gasteiger partial charge in [0.2, 0.25) is 5.75 Å². The molecule has 0 radical (unpaired) electrons. The molecule has 0 bridgehead atoms. The molecule has 33 heavy (non-hydrogen) atoms. The lowest BCUT2D eigenvalue weighted by Crippen LogP contribution is -2.13. The summed E-state index contributed by atoms with van der Waals surface area (Å²) in [7, 11) is 0.843. The van der Waals surface area contributed by atoms with Crippen LogP contribution in [0.15, 0.2) is 71.6 Å². The molecule has 0 saturated heterocycles. The Morgan fingerprint density at radius 1 is 0.848 bits per heavy atom. The molecule has 172 valence electrons. The Morgan fingerprint density at radius 2 is 1.42 bits per heavy atom. The van der Waals surface area contributed by atoms with E-state index in [1.807, 2.05) is 6.92 Å². The van der Waals surface area contributed by atoms with Gasteiger partial charge >= 0.3 is 0 Å².